The summed E-state index contributed by atoms with van der Waals surface area (Å²) in [5.41, 5.74) is -0.167. The lowest BCUT2D eigenvalue weighted by atomic mass is 10.3. The molecule has 38 valence electrons. The van der Waals surface area contributed by atoms with Gasteiger partial charge in [-0.25, -0.2) is 0 Å². The molecule has 0 fully saturated rings. The van der Waals surface area contributed by atoms with Gasteiger partial charge in [-0.2, -0.15) is 0 Å². The molecule has 0 atom stereocenters. The van der Waals surface area contributed by atoms with Gasteiger partial charge in [0.15, 0.2) is 0 Å². The first-order valence-corrected chi connectivity index (χ1v) is 2.30. The lowest BCUT2D eigenvalue weighted by Crippen LogP contribution is -2.07. The average Bonchev–Trinajstić information content (AvgIpc) is 1.84. The maximum atomic E-state index is 4.02. The Balaban J connectivity index is 2.77. The molecule has 0 unspecified atom stereocenters. The highest BCUT2D eigenvalue weighted by Gasteiger charge is 2.12. The van der Waals surface area contributed by atoms with Gasteiger partial charge < -0.3 is 0 Å². The van der Waals surface area contributed by atoms with Crippen LogP contribution in [0.4, 0.5) is 0 Å². The Hall–Kier alpha value is -0.660. The Kier molecular flexibility index (Phi) is 0.741. The predicted molar refractivity (Wildman–Crippen MR) is 31.1 cm³/mol. The van der Waals surface area contributed by atoms with Crippen LogP contribution in [0.1, 0.15) is 13.8 Å². The largest absolute Gasteiger partial charge is 0.262 e. The molecule has 0 aromatic rings. The Labute approximate surface area is 43.0 Å². The van der Waals surface area contributed by atoms with E-state index in [4.69, 9.17) is 0 Å². The third-order valence-electron chi connectivity index (χ3n) is 0.848. The first-order valence-electron chi connectivity index (χ1n) is 2.30. The predicted octanol–water partition coefficient (Wildman–Crippen LogP) is 0.878. The topological polar surface area (TPSA) is 24.7 Å². The molecule has 2 nitrogen and oxygen atoms in total. The minimum Gasteiger partial charge on any atom is -0.262 e. The van der Waals surface area contributed by atoms with Gasteiger partial charge in [-0.3, -0.25) is 9.98 Å². The maximum absolute atomic E-state index is 4.02. The van der Waals surface area contributed by atoms with Crippen LogP contribution in [0.15, 0.2) is 9.98 Å². The van der Waals surface area contributed by atoms with Crippen LogP contribution >= 0.6 is 0 Å². The summed E-state index contributed by atoms with van der Waals surface area (Å²) in [6.45, 7) is 3.93. The van der Waals surface area contributed by atoms with E-state index in [-0.39, 0.29) is 5.66 Å². The molecular weight excluding hydrogens is 88.1 g/mol. The zero-order chi connectivity index (χ0) is 5.33. The summed E-state index contributed by atoms with van der Waals surface area (Å²) in [6.07, 6.45) is 3.44. The van der Waals surface area contributed by atoms with Gasteiger partial charge in [-0.05, 0) is 13.8 Å². The molecule has 0 aromatic carbocycles. The molecule has 2 heteroatoms. The highest BCUT2D eigenvalue weighted by Crippen LogP contribution is 2.10. The second-order valence-electron chi connectivity index (χ2n) is 2.05. The van der Waals surface area contributed by atoms with E-state index in [1.807, 2.05) is 13.8 Å². The Morgan fingerprint density at radius 3 is 1.71 bits per heavy atom. The van der Waals surface area contributed by atoms with Crippen LogP contribution in [0.25, 0.3) is 0 Å². The molecule has 1 aliphatic rings. The minimum atomic E-state index is -0.167. The first kappa shape index (κ1) is 4.50. The molecule has 1 rings (SSSR count). The first-order chi connectivity index (χ1) is 3.21. The van der Waals surface area contributed by atoms with E-state index in [0.29, 0.717) is 0 Å². The smallest absolute Gasteiger partial charge is 0.144 e. The summed E-state index contributed by atoms with van der Waals surface area (Å²) in [7, 11) is 0. The monoisotopic (exact) mass is 96.1 g/mol. The van der Waals surface area contributed by atoms with Crippen LogP contribution in [0.3, 0.4) is 0 Å². The number of hydrogen-bond donors (Lipinski definition) is 0. The van der Waals surface area contributed by atoms with Crippen LogP contribution in [-0.4, -0.2) is 18.1 Å². The quantitative estimate of drug-likeness (QED) is 0.427. The van der Waals surface area contributed by atoms with Crippen molar-refractivity contribution >= 4 is 12.4 Å². The van der Waals surface area contributed by atoms with Crippen molar-refractivity contribution in [3.63, 3.8) is 0 Å². The normalized spacial score (nSPS) is 23.7. The number of hydrogen-bond acceptors (Lipinski definition) is 2. The minimum absolute atomic E-state index is 0.167. The average molecular weight is 96.1 g/mol. The van der Waals surface area contributed by atoms with E-state index in [1.165, 1.54) is 0 Å². The Morgan fingerprint density at radius 1 is 1.14 bits per heavy atom. The van der Waals surface area contributed by atoms with Crippen molar-refractivity contribution in [1.82, 2.24) is 0 Å². The van der Waals surface area contributed by atoms with Gasteiger partial charge in [0.25, 0.3) is 0 Å². The Bertz CT molecular complexity index is 108. The summed E-state index contributed by atoms with van der Waals surface area (Å²) in [4.78, 5) is 8.04. The maximum Gasteiger partial charge on any atom is 0.144 e. The van der Waals surface area contributed by atoms with Crippen molar-refractivity contribution < 1.29 is 0 Å². The zero-order valence-corrected chi connectivity index (χ0v) is 4.55. The van der Waals surface area contributed by atoms with Crippen molar-refractivity contribution in [2.45, 2.75) is 19.5 Å². The number of aliphatic imine (C=N–C) groups is 2. The molecule has 0 spiro atoms. The zero-order valence-electron chi connectivity index (χ0n) is 4.55. The number of rotatable bonds is 0. The van der Waals surface area contributed by atoms with Gasteiger partial charge in [0, 0.05) is 12.4 Å². The van der Waals surface area contributed by atoms with Crippen molar-refractivity contribution in [3.8, 4) is 0 Å². The van der Waals surface area contributed by atoms with E-state index in [1.54, 1.807) is 12.4 Å². The van der Waals surface area contributed by atoms with Gasteiger partial charge >= 0.3 is 0 Å². The molecule has 0 saturated carbocycles. The lowest BCUT2D eigenvalue weighted by Gasteiger charge is -2.06. The molecule has 0 aliphatic carbocycles. The van der Waals surface area contributed by atoms with Crippen LogP contribution in [0, 0.1) is 0 Å². The van der Waals surface area contributed by atoms with Crippen molar-refractivity contribution in [3.05, 3.63) is 0 Å². The second kappa shape index (κ2) is 1.15. The standard InChI is InChI=1S/C5H8N2/c1-5(2)6-3-4-7-5/h3-4H,1-2H3. The van der Waals surface area contributed by atoms with Crippen LogP contribution < -0.4 is 0 Å². The van der Waals surface area contributed by atoms with Crippen molar-refractivity contribution in [2.24, 2.45) is 9.98 Å². The molecule has 0 radical (unpaired) electrons. The molecule has 0 amide bonds. The highest BCUT2D eigenvalue weighted by molar-refractivity contribution is 6.17. The Morgan fingerprint density at radius 2 is 1.57 bits per heavy atom. The third kappa shape index (κ3) is 0.856. The summed E-state index contributed by atoms with van der Waals surface area (Å²) >= 11 is 0. The molecule has 0 N–H and O–H groups in total. The molecule has 7 heavy (non-hydrogen) atoms. The van der Waals surface area contributed by atoms with E-state index in [0.717, 1.165) is 0 Å². The third-order valence-corrected chi connectivity index (χ3v) is 0.848. The van der Waals surface area contributed by atoms with Crippen LogP contribution in [0.2, 0.25) is 0 Å². The van der Waals surface area contributed by atoms with Crippen molar-refractivity contribution in [2.75, 3.05) is 0 Å². The van der Waals surface area contributed by atoms with Gasteiger partial charge in [-0.1, -0.05) is 0 Å². The lowest BCUT2D eigenvalue weighted by molar-refractivity contribution is 0.569. The molecule has 1 heterocycles. The molecule has 0 saturated heterocycles. The fourth-order valence-corrected chi connectivity index (χ4v) is 0.465. The van der Waals surface area contributed by atoms with E-state index < -0.39 is 0 Å². The second-order valence-corrected chi connectivity index (χ2v) is 2.05. The van der Waals surface area contributed by atoms with Gasteiger partial charge in [-0.15, -0.1) is 0 Å². The number of nitrogens with zero attached hydrogens (tertiary/aromatic N) is 2. The van der Waals surface area contributed by atoms with E-state index in [9.17, 15) is 0 Å². The summed E-state index contributed by atoms with van der Waals surface area (Å²) in [5.74, 6) is 0. The van der Waals surface area contributed by atoms with E-state index >= 15 is 0 Å². The molecule has 0 aromatic heterocycles. The fourth-order valence-electron chi connectivity index (χ4n) is 0.465. The van der Waals surface area contributed by atoms with Crippen molar-refractivity contribution in [1.29, 1.82) is 0 Å². The molecule has 0 bridgehead atoms. The molecule has 1 aliphatic heterocycles. The summed E-state index contributed by atoms with van der Waals surface area (Å²) in [5, 5.41) is 0. The highest BCUT2D eigenvalue weighted by atomic mass is 15.1. The summed E-state index contributed by atoms with van der Waals surface area (Å²) in [6, 6.07) is 0. The van der Waals surface area contributed by atoms with Crippen LogP contribution in [0.5, 0.6) is 0 Å². The van der Waals surface area contributed by atoms with Gasteiger partial charge in [0.1, 0.15) is 5.66 Å². The van der Waals surface area contributed by atoms with E-state index in [2.05, 4.69) is 9.98 Å². The molecular formula is C5H8N2. The SMILES string of the molecule is CC1(C)N=CC=N1. The van der Waals surface area contributed by atoms with Crippen LogP contribution in [-0.2, 0) is 0 Å². The fraction of sp³-hybridized carbons (Fsp3) is 0.600. The summed E-state index contributed by atoms with van der Waals surface area (Å²) < 4.78 is 0. The van der Waals surface area contributed by atoms with Gasteiger partial charge in [0.2, 0.25) is 0 Å². The van der Waals surface area contributed by atoms with Gasteiger partial charge in [0.05, 0.1) is 0 Å².